The van der Waals surface area contributed by atoms with E-state index in [-0.39, 0.29) is 29.9 Å². The molecule has 41 heavy (non-hydrogen) atoms. The van der Waals surface area contributed by atoms with E-state index >= 15 is 0 Å². The van der Waals surface area contributed by atoms with Crippen molar-refractivity contribution in [3.05, 3.63) is 77.5 Å². The van der Waals surface area contributed by atoms with E-state index < -0.39 is 16.3 Å². The summed E-state index contributed by atoms with van der Waals surface area (Å²) in [5.41, 5.74) is 3.47. The summed E-state index contributed by atoms with van der Waals surface area (Å²) < 4.78 is 57.7. The van der Waals surface area contributed by atoms with Crippen LogP contribution in [0.2, 0.25) is 0 Å². The molecule has 3 heterocycles. The van der Waals surface area contributed by atoms with Crippen molar-refractivity contribution in [3.63, 3.8) is 0 Å². The largest absolute Gasteiger partial charge is 0.373 e. The molecule has 1 unspecified atom stereocenters. The molecule has 1 aliphatic heterocycles. The van der Waals surface area contributed by atoms with Crippen molar-refractivity contribution in [2.45, 2.75) is 64.6 Å². The van der Waals surface area contributed by atoms with Crippen molar-refractivity contribution < 1.29 is 27.0 Å². The van der Waals surface area contributed by atoms with Gasteiger partial charge in [-0.05, 0) is 48.7 Å². The number of pyridine rings is 1. The maximum absolute atomic E-state index is 13.8. The van der Waals surface area contributed by atoms with Gasteiger partial charge in [0.25, 0.3) is 0 Å². The third-order valence-corrected chi connectivity index (χ3v) is 7.88. The summed E-state index contributed by atoms with van der Waals surface area (Å²) in [6.07, 6.45) is 8.81. The van der Waals surface area contributed by atoms with Crippen LogP contribution in [0, 0.1) is 5.82 Å². The number of aromatic nitrogens is 3. The second kappa shape index (κ2) is 13.6. The molecule has 11 heteroatoms. The monoisotopic (exact) mass is 584 g/mol. The number of halogens is 1. The second-order valence-electron chi connectivity index (χ2n) is 10.2. The molecular formula is C30H37FN4O5S. The first-order chi connectivity index (χ1) is 19.5. The van der Waals surface area contributed by atoms with Crippen molar-refractivity contribution in [3.8, 4) is 11.3 Å². The molecule has 0 aliphatic carbocycles. The van der Waals surface area contributed by atoms with Crippen LogP contribution < -0.4 is 4.31 Å². The molecule has 1 aromatic carbocycles. The van der Waals surface area contributed by atoms with E-state index in [1.807, 2.05) is 45.1 Å². The minimum Gasteiger partial charge on any atom is -0.373 e. The van der Waals surface area contributed by atoms with Crippen LogP contribution in [0.25, 0.3) is 17.3 Å². The Hall–Kier alpha value is -3.25. The van der Waals surface area contributed by atoms with Gasteiger partial charge in [-0.25, -0.2) is 27.1 Å². The molecule has 0 N–H and O–H groups in total. The lowest BCUT2D eigenvalue weighted by molar-refractivity contribution is -0.210. The van der Waals surface area contributed by atoms with Crippen LogP contribution in [-0.2, 0) is 30.8 Å². The molecule has 9 nitrogen and oxygen atoms in total. The Morgan fingerprint density at radius 2 is 1.90 bits per heavy atom. The van der Waals surface area contributed by atoms with Gasteiger partial charge in [0.1, 0.15) is 5.82 Å². The van der Waals surface area contributed by atoms with E-state index in [1.165, 1.54) is 19.2 Å². The highest BCUT2D eigenvalue weighted by Crippen LogP contribution is 2.33. The molecule has 3 atom stereocenters. The smallest absolute Gasteiger partial charge is 0.239 e. The highest BCUT2D eigenvalue weighted by molar-refractivity contribution is 7.92. The van der Waals surface area contributed by atoms with Gasteiger partial charge in [0, 0.05) is 50.0 Å². The summed E-state index contributed by atoms with van der Waals surface area (Å²) in [6, 6.07) is 9.78. The van der Waals surface area contributed by atoms with Gasteiger partial charge in [0.15, 0.2) is 6.29 Å². The van der Waals surface area contributed by atoms with E-state index in [9.17, 15) is 12.8 Å². The molecule has 3 aromatic rings. The summed E-state index contributed by atoms with van der Waals surface area (Å²) in [5, 5.41) is 0. The average molecular weight is 585 g/mol. The zero-order valence-corrected chi connectivity index (χ0v) is 24.8. The molecule has 0 spiro atoms. The van der Waals surface area contributed by atoms with Crippen LogP contribution in [0.3, 0.4) is 0 Å². The third-order valence-electron chi connectivity index (χ3n) is 6.72. The van der Waals surface area contributed by atoms with Gasteiger partial charge < -0.3 is 14.2 Å². The first-order valence-corrected chi connectivity index (χ1v) is 15.5. The highest BCUT2D eigenvalue weighted by atomic mass is 32.2. The SMILES string of the molecule is CCOC1C[C@H](OCc2cccnc2)C[C@@H](/C=C/c2c(-c3ccc(F)cc3)nc(N(C)S(C)(=O)=O)nc2C(C)C)O1. The maximum Gasteiger partial charge on any atom is 0.239 e. The van der Waals surface area contributed by atoms with Crippen LogP contribution in [0.4, 0.5) is 10.3 Å². The fraction of sp³-hybridized carbons (Fsp3) is 0.433. The molecule has 220 valence electrons. The number of hydrogen-bond donors (Lipinski definition) is 0. The lowest BCUT2D eigenvalue weighted by Crippen LogP contribution is -2.37. The molecule has 4 rings (SSSR count). The average Bonchev–Trinajstić information content (AvgIpc) is 2.95. The lowest BCUT2D eigenvalue weighted by Gasteiger charge is -2.34. The van der Waals surface area contributed by atoms with Crippen LogP contribution in [0.15, 0.2) is 54.9 Å². The van der Waals surface area contributed by atoms with Crippen molar-refractivity contribution in [2.24, 2.45) is 0 Å². The zero-order valence-electron chi connectivity index (χ0n) is 24.0. The van der Waals surface area contributed by atoms with Crippen LogP contribution in [0.1, 0.15) is 56.4 Å². The Bertz CT molecular complexity index is 1440. The number of sulfonamides is 1. The summed E-state index contributed by atoms with van der Waals surface area (Å²) in [4.78, 5) is 13.4. The van der Waals surface area contributed by atoms with Crippen molar-refractivity contribution in [2.75, 3.05) is 24.2 Å². The predicted molar refractivity (Wildman–Crippen MR) is 156 cm³/mol. The van der Waals surface area contributed by atoms with E-state index in [4.69, 9.17) is 14.2 Å². The molecular weight excluding hydrogens is 547 g/mol. The Morgan fingerprint density at radius 3 is 2.54 bits per heavy atom. The van der Waals surface area contributed by atoms with Gasteiger partial charge in [0.2, 0.25) is 16.0 Å². The molecule has 1 fully saturated rings. The number of benzene rings is 1. The van der Waals surface area contributed by atoms with Gasteiger partial charge in [-0.15, -0.1) is 0 Å². The first-order valence-electron chi connectivity index (χ1n) is 13.6. The Morgan fingerprint density at radius 1 is 1.15 bits per heavy atom. The topological polar surface area (TPSA) is 104 Å². The molecule has 0 saturated carbocycles. The number of anilines is 1. The molecule has 1 saturated heterocycles. The molecule has 2 aromatic heterocycles. The minimum atomic E-state index is -3.61. The van der Waals surface area contributed by atoms with Gasteiger partial charge >= 0.3 is 0 Å². The Labute approximate surface area is 241 Å². The van der Waals surface area contributed by atoms with Crippen molar-refractivity contribution in [1.29, 1.82) is 0 Å². The summed E-state index contributed by atoms with van der Waals surface area (Å²) in [5.74, 6) is -0.406. The zero-order chi connectivity index (χ0) is 29.6. The molecule has 0 radical (unpaired) electrons. The number of ether oxygens (including phenoxy) is 3. The van der Waals surface area contributed by atoms with E-state index in [1.54, 1.807) is 24.5 Å². The quantitative estimate of drug-likeness (QED) is 0.298. The van der Waals surface area contributed by atoms with E-state index in [0.717, 1.165) is 16.1 Å². The standard InChI is InChI=1S/C30H37FN4O5S/c1-6-38-27-17-25(39-19-21-8-7-15-32-18-21)16-24(40-27)13-14-26-28(20(2)3)33-30(35(4)41(5,36)37)34-29(26)22-9-11-23(31)12-10-22/h7-15,18,20,24-25,27H,6,16-17,19H2,1-5H3/b14-13+/t24-,25-,27?/m1/s1. The fourth-order valence-corrected chi connectivity index (χ4v) is 4.90. The van der Waals surface area contributed by atoms with Gasteiger partial charge in [0.05, 0.1) is 36.5 Å². The predicted octanol–water partition coefficient (Wildman–Crippen LogP) is 5.34. The molecule has 0 bridgehead atoms. The van der Waals surface area contributed by atoms with Crippen molar-refractivity contribution >= 4 is 22.0 Å². The van der Waals surface area contributed by atoms with Crippen LogP contribution in [-0.4, -0.2) is 61.8 Å². The Kier molecular flexibility index (Phi) is 10.2. The molecule has 1 aliphatic rings. The molecule has 0 amide bonds. The van der Waals surface area contributed by atoms with E-state index in [0.29, 0.717) is 48.6 Å². The maximum atomic E-state index is 13.8. The van der Waals surface area contributed by atoms with Crippen LogP contribution >= 0.6 is 0 Å². The first kappa shape index (κ1) is 30.7. The lowest BCUT2D eigenvalue weighted by atomic mass is 9.96. The number of nitrogens with zero attached hydrogens (tertiary/aromatic N) is 4. The summed E-state index contributed by atoms with van der Waals surface area (Å²) in [6.45, 7) is 6.81. The van der Waals surface area contributed by atoms with E-state index in [2.05, 4.69) is 15.0 Å². The van der Waals surface area contributed by atoms with Crippen molar-refractivity contribution in [1.82, 2.24) is 15.0 Å². The van der Waals surface area contributed by atoms with Gasteiger partial charge in [-0.3, -0.25) is 4.98 Å². The van der Waals surface area contributed by atoms with Crippen LogP contribution in [0.5, 0.6) is 0 Å². The minimum absolute atomic E-state index is 0.0434. The Balaban J connectivity index is 1.69. The number of hydrogen-bond acceptors (Lipinski definition) is 8. The normalized spacial score (nSPS) is 19.6. The summed E-state index contributed by atoms with van der Waals surface area (Å²) >= 11 is 0. The second-order valence-corrected chi connectivity index (χ2v) is 12.3. The van der Waals surface area contributed by atoms with Gasteiger partial charge in [-0.1, -0.05) is 32.1 Å². The third kappa shape index (κ3) is 8.16. The number of rotatable bonds is 11. The summed E-state index contributed by atoms with van der Waals surface area (Å²) in [7, 11) is -2.20. The van der Waals surface area contributed by atoms with Gasteiger partial charge in [-0.2, -0.15) is 0 Å². The fourth-order valence-electron chi connectivity index (χ4n) is 4.53. The highest BCUT2D eigenvalue weighted by Gasteiger charge is 2.30.